The van der Waals surface area contributed by atoms with Crippen LogP contribution in [0.5, 0.6) is 0 Å². The number of ketones is 1. The predicted octanol–water partition coefficient (Wildman–Crippen LogP) is 5.13. The number of carboxylic acids is 1. The van der Waals surface area contributed by atoms with Crippen molar-refractivity contribution in [2.75, 3.05) is 4.90 Å². The number of Topliss-reactive ketones (excluding diaryl/α,β-unsaturated/α-hetero) is 1. The van der Waals surface area contributed by atoms with Gasteiger partial charge in [0, 0.05) is 11.1 Å². The summed E-state index contributed by atoms with van der Waals surface area (Å²) in [6, 6.07) is 10.1. The maximum Gasteiger partial charge on any atom is 0.346 e. The summed E-state index contributed by atoms with van der Waals surface area (Å²) in [7, 11) is 0. The van der Waals surface area contributed by atoms with Crippen LogP contribution < -0.4 is 4.90 Å². The van der Waals surface area contributed by atoms with Gasteiger partial charge in [0.05, 0.1) is 28.1 Å². The number of imide groups is 1. The normalized spacial score (nSPS) is 13.8. The molecule has 1 N–H and O–H groups in total. The molecule has 2 heterocycles. The molecule has 6 nitrogen and oxygen atoms in total. The lowest BCUT2D eigenvalue weighted by molar-refractivity contribution is -0.117. The van der Waals surface area contributed by atoms with Crippen LogP contribution in [-0.2, 0) is 16.6 Å². The minimum absolute atomic E-state index is 0.0324. The Balaban J connectivity index is 1.78. The third-order valence-electron chi connectivity index (χ3n) is 5.63. The lowest BCUT2D eigenvalue weighted by atomic mass is 9.77. The number of carbonyl (C=O) groups is 4. The highest BCUT2D eigenvalue weighted by Gasteiger charge is 2.39. The summed E-state index contributed by atoms with van der Waals surface area (Å²) in [6.07, 6.45) is -0.180. The fourth-order valence-corrected chi connectivity index (χ4v) is 5.00. The zero-order chi connectivity index (χ0) is 24.1. The molecule has 2 aromatic carbocycles. The average molecular weight is 486 g/mol. The Kier molecular flexibility index (Phi) is 5.67. The lowest BCUT2D eigenvalue weighted by Gasteiger charge is -2.28. The third-order valence-corrected chi connectivity index (χ3v) is 6.97. The van der Waals surface area contributed by atoms with E-state index in [1.165, 1.54) is 41.8 Å². The fraction of sp³-hybridized carbons (Fsp3) is 0.167. The van der Waals surface area contributed by atoms with E-state index in [-0.39, 0.29) is 38.7 Å². The van der Waals surface area contributed by atoms with Gasteiger partial charge in [-0.1, -0.05) is 29.8 Å². The van der Waals surface area contributed by atoms with Crippen molar-refractivity contribution < 1.29 is 28.7 Å². The highest BCUT2D eigenvalue weighted by molar-refractivity contribution is 7.12. The van der Waals surface area contributed by atoms with Gasteiger partial charge in [-0.05, 0) is 49.1 Å². The summed E-state index contributed by atoms with van der Waals surface area (Å²) in [5.41, 5.74) is -0.679. The second-order valence-electron chi connectivity index (χ2n) is 8.08. The number of anilines is 1. The molecule has 0 spiro atoms. The van der Waals surface area contributed by atoms with Crippen LogP contribution >= 0.6 is 22.9 Å². The Bertz CT molecular complexity index is 1350. The van der Waals surface area contributed by atoms with Crippen LogP contribution in [0.25, 0.3) is 0 Å². The van der Waals surface area contributed by atoms with Gasteiger partial charge in [0.1, 0.15) is 10.7 Å². The molecule has 4 rings (SSSR count). The molecule has 9 heteroatoms. The van der Waals surface area contributed by atoms with E-state index in [0.717, 1.165) is 16.2 Å². The molecule has 0 bridgehead atoms. The number of thiophene rings is 1. The van der Waals surface area contributed by atoms with E-state index >= 15 is 0 Å². The molecule has 0 radical (unpaired) electrons. The second kappa shape index (κ2) is 8.20. The van der Waals surface area contributed by atoms with E-state index in [2.05, 4.69) is 0 Å². The smallest absolute Gasteiger partial charge is 0.346 e. The molecule has 0 fully saturated rings. The van der Waals surface area contributed by atoms with E-state index in [1.807, 2.05) is 0 Å². The molecule has 33 heavy (non-hydrogen) atoms. The summed E-state index contributed by atoms with van der Waals surface area (Å²) >= 11 is 7.16. The van der Waals surface area contributed by atoms with Crippen molar-refractivity contribution in [3.8, 4) is 0 Å². The fourth-order valence-electron chi connectivity index (χ4n) is 3.90. The van der Waals surface area contributed by atoms with Gasteiger partial charge in [0.25, 0.3) is 5.91 Å². The lowest BCUT2D eigenvalue weighted by Crippen LogP contribution is -2.43. The molecule has 2 amide bonds. The number of halogens is 2. The van der Waals surface area contributed by atoms with Gasteiger partial charge in [-0.3, -0.25) is 14.4 Å². The molecular formula is C24H17ClFNO5S. The Hall–Kier alpha value is -3.36. The number of amides is 2. The first kappa shape index (κ1) is 22.8. The van der Waals surface area contributed by atoms with Gasteiger partial charge in [-0.25, -0.2) is 14.1 Å². The number of aromatic carboxylic acids is 1. The summed E-state index contributed by atoms with van der Waals surface area (Å²) in [6.45, 7) is 3.16. The largest absolute Gasteiger partial charge is 0.477 e. The van der Waals surface area contributed by atoms with Crippen molar-refractivity contribution >= 4 is 52.2 Å². The van der Waals surface area contributed by atoms with Gasteiger partial charge in [0.15, 0.2) is 5.78 Å². The van der Waals surface area contributed by atoms with E-state index in [4.69, 9.17) is 11.6 Å². The first-order chi connectivity index (χ1) is 15.5. The molecule has 1 aromatic heterocycles. The van der Waals surface area contributed by atoms with Gasteiger partial charge >= 0.3 is 5.97 Å². The Morgan fingerprint density at radius 1 is 1.15 bits per heavy atom. The van der Waals surface area contributed by atoms with Crippen molar-refractivity contribution in [3.05, 3.63) is 85.8 Å². The average Bonchev–Trinajstić information content (AvgIpc) is 3.19. The molecule has 0 aliphatic carbocycles. The quantitative estimate of drug-likeness (QED) is 0.399. The van der Waals surface area contributed by atoms with E-state index in [0.29, 0.717) is 5.56 Å². The van der Waals surface area contributed by atoms with Crippen molar-refractivity contribution in [3.63, 3.8) is 0 Å². The van der Waals surface area contributed by atoms with Gasteiger partial charge < -0.3 is 5.11 Å². The summed E-state index contributed by atoms with van der Waals surface area (Å²) in [5, 5.41) is 10.9. The van der Waals surface area contributed by atoms with Gasteiger partial charge in [0.2, 0.25) is 5.91 Å². The molecule has 0 saturated heterocycles. The number of carbonyl (C=O) groups excluding carboxylic acids is 3. The standard InChI is InChI=1S/C24H17ClFNO5S/c1-24(2,14-5-3-4-6-16(14)26)21(29)12-7-8-15(25)17(9-12)27-18(28)10-13-11-33-20(23(31)32)19(13)22(27)30/h3-9,11H,10H2,1-2H3,(H,31,32). The number of carboxylic acid groups (broad SMARTS) is 1. The highest BCUT2D eigenvalue weighted by Crippen LogP contribution is 2.37. The van der Waals surface area contributed by atoms with Crippen LogP contribution in [0.1, 0.15) is 55.4 Å². The highest BCUT2D eigenvalue weighted by atomic mass is 35.5. The Morgan fingerprint density at radius 2 is 1.85 bits per heavy atom. The molecular weight excluding hydrogens is 469 g/mol. The van der Waals surface area contributed by atoms with E-state index in [9.17, 15) is 28.7 Å². The van der Waals surface area contributed by atoms with Crippen molar-refractivity contribution in [1.82, 2.24) is 0 Å². The summed E-state index contributed by atoms with van der Waals surface area (Å²) in [4.78, 5) is 51.5. The van der Waals surface area contributed by atoms with Crippen LogP contribution in [-0.4, -0.2) is 28.7 Å². The molecule has 168 valence electrons. The minimum Gasteiger partial charge on any atom is -0.477 e. The first-order valence-electron chi connectivity index (χ1n) is 9.84. The zero-order valence-electron chi connectivity index (χ0n) is 17.5. The van der Waals surface area contributed by atoms with Crippen molar-refractivity contribution in [2.45, 2.75) is 25.7 Å². The number of fused-ring (bicyclic) bond motifs is 1. The molecule has 0 saturated carbocycles. The second-order valence-corrected chi connectivity index (χ2v) is 9.37. The predicted molar refractivity (Wildman–Crippen MR) is 122 cm³/mol. The Morgan fingerprint density at radius 3 is 2.52 bits per heavy atom. The number of rotatable bonds is 5. The van der Waals surface area contributed by atoms with Crippen LogP contribution in [0.4, 0.5) is 10.1 Å². The Labute approximate surface area is 197 Å². The number of benzene rings is 2. The van der Waals surface area contributed by atoms with Crippen LogP contribution in [0, 0.1) is 5.82 Å². The van der Waals surface area contributed by atoms with Gasteiger partial charge in [-0.15, -0.1) is 11.3 Å². The molecule has 0 atom stereocenters. The first-order valence-corrected chi connectivity index (χ1v) is 11.1. The molecule has 0 unspecified atom stereocenters. The number of hydrogen-bond acceptors (Lipinski definition) is 5. The third kappa shape index (κ3) is 3.75. The van der Waals surface area contributed by atoms with Crippen LogP contribution in [0.15, 0.2) is 47.8 Å². The van der Waals surface area contributed by atoms with Crippen molar-refractivity contribution in [2.24, 2.45) is 0 Å². The van der Waals surface area contributed by atoms with Crippen LogP contribution in [0.3, 0.4) is 0 Å². The minimum atomic E-state index is -1.27. The topological polar surface area (TPSA) is 91.8 Å². The molecule has 3 aromatic rings. The van der Waals surface area contributed by atoms with Crippen molar-refractivity contribution in [1.29, 1.82) is 0 Å². The van der Waals surface area contributed by atoms with E-state index in [1.54, 1.807) is 19.9 Å². The molecule has 1 aliphatic heterocycles. The monoisotopic (exact) mass is 485 g/mol. The summed E-state index contributed by atoms with van der Waals surface area (Å²) < 4.78 is 14.4. The SMILES string of the molecule is CC(C)(C(=O)c1ccc(Cl)c(N2C(=O)Cc3csc(C(=O)O)c3C2=O)c1)c1ccccc1F. The maximum atomic E-state index is 14.4. The number of nitrogens with zero attached hydrogens (tertiary/aromatic N) is 1. The van der Waals surface area contributed by atoms with Crippen LogP contribution in [0.2, 0.25) is 5.02 Å². The number of hydrogen-bond donors (Lipinski definition) is 1. The molecule has 1 aliphatic rings. The van der Waals surface area contributed by atoms with Gasteiger partial charge in [-0.2, -0.15) is 0 Å². The van der Waals surface area contributed by atoms with E-state index < -0.39 is 34.8 Å². The zero-order valence-corrected chi connectivity index (χ0v) is 19.1. The summed E-state index contributed by atoms with van der Waals surface area (Å²) in [5.74, 6) is -3.66. The maximum absolute atomic E-state index is 14.4.